The van der Waals surface area contributed by atoms with Gasteiger partial charge in [0.05, 0.1) is 0 Å². The summed E-state index contributed by atoms with van der Waals surface area (Å²) >= 11 is 0. The predicted octanol–water partition coefficient (Wildman–Crippen LogP) is 0.350. The van der Waals surface area contributed by atoms with Gasteiger partial charge in [-0.25, -0.2) is 4.98 Å². The van der Waals surface area contributed by atoms with Gasteiger partial charge in [0.1, 0.15) is 6.54 Å². The van der Waals surface area contributed by atoms with Gasteiger partial charge in [0.15, 0.2) is 18.2 Å². The Hall–Kier alpha value is -2.15. The summed E-state index contributed by atoms with van der Waals surface area (Å²) in [4.78, 5) is 29.2. The molecule has 0 bridgehead atoms. The fourth-order valence-corrected chi connectivity index (χ4v) is 1.94. The lowest BCUT2D eigenvalue weighted by Gasteiger charge is -2.27. The summed E-state index contributed by atoms with van der Waals surface area (Å²) in [5, 5.41) is 2.76. The first-order valence-corrected chi connectivity index (χ1v) is 6.95. The Morgan fingerprint density at radius 1 is 1.57 bits per heavy atom. The number of rotatable bonds is 7. The molecule has 1 aliphatic heterocycles. The fourth-order valence-electron chi connectivity index (χ4n) is 1.94. The molecule has 0 saturated carbocycles. The van der Waals surface area contributed by atoms with E-state index in [0.717, 1.165) is 6.42 Å². The quantitative estimate of drug-likeness (QED) is 0.734. The lowest BCUT2D eigenvalue weighted by molar-refractivity contribution is -0.125. The van der Waals surface area contributed by atoms with Crippen LogP contribution in [0.5, 0.6) is 5.75 Å². The van der Waals surface area contributed by atoms with Crippen LogP contribution >= 0.6 is 0 Å². The number of nitrogens with one attached hydrogen (secondary N) is 1. The largest absolute Gasteiger partial charge is 0.480 e. The number of ether oxygens (including phenoxy) is 2. The monoisotopic (exact) mass is 293 g/mol. The number of carbonyl (C=O) groups is 2. The smallest absolute Gasteiger partial charge is 0.266 e. The zero-order valence-electron chi connectivity index (χ0n) is 12.0. The lowest BCUT2D eigenvalue weighted by Crippen LogP contribution is -2.45. The standard InChI is InChI=1S/C14H19N3O4/c1-2-20-8-4-7-15-12(18)9-17-13(19)10-21-11-5-3-6-16-14(11)17/h3,5-6H,2,4,7-10H2,1H3,(H,15,18). The van der Waals surface area contributed by atoms with Gasteiger partial charge >= 0.3 is 0 Å². The van der Waals surface area contributed by atoms with E-state index in [1.54, 1.807) is 18.3 Å². The number of anilines is 1. The maximum absolute atomic E-state index is 11.9. The molecule has 1 N–H and O–H groups in total. The predicted molar refractivity (Wildman–Crippen MR) is 76.2 cm³/mol. The minimum atomic E-state index is -0.273. The third-order valence-electron chi connectivity index (χ3n) is 2.95. The molecule has 0 radical (unpaired) electrons. The fraction of sp³-hybridized carbons (Fsp3) is 0.500. The molecule has 0 unspecified atom stereocenters. The highest BCUT2D eigenvalue weighted by Crippen LogP contribution is 2.28. The third-order valence-corrected chi connectivity index (χ3v) is 2.95. The van der Waals surface area contributed by atoms with Crippen molar-refractivity contribution in [1.29, 1.82) is 0 Å². The maximum atomic E-state index is 11.9. The molecule has 1 aliphatic rings. The highest BCUT2D eigenvalue weighted by molar-refractivity contribution is 6.01. The molecule has 1 aromatic rings. The van der Waals surface area contributed by atoms with Crippen molar-refractivity contribution < 1.29 is 19.1 Å². The van der Waals surface area contributed by atoms with E-state index >= 15 is 0 Å². The van der Waals surface area contributed by atoms with Crippen molar-refractivity contribution in [3.63, 3.8) is 0 Å². The Balaban J connectivity index is 1.87. The molecule has 2 amide bonds. The Morgan fingerprint density at radius 2 is 2.43 bits per heavy atom. The van der Waals surface area contributed by atoms with Crippen LogP contribution in [0.4, 0.5) is 5.82 Å². The third kappa shape index (κ3) is 4.16. The molecule has 21 heavy (non-hydrogen) atoms. The molecule has 0 aliphatic carbocycles. The summed E-state index contributed by atoms with van der Waals surface area (Å²) in [6.45, 7) is 3.59. The molecular weight excluding hydrogens is 274 g/mol. The number of nitrogens with zero attached hydrogens (tertiary/aromatic N) is 2. The van der Waals surface area contributed by atoms with Crippen LogP contribution in [0.2, 0.25) is 0 Å². The Morgan fingerprint density at radius 3 is 3.24 bits per heavy atom. The van der Waals surface area contributed by atoms with Gasteiger partial charge in [-0.2, -0.15) is 0 Å². The van der Waals surface area contributed by atoms with Crippen LogP contribution in [-0.4, -0.2) is 49.7 Å². The van der Waals surface area contributed by atoms with Gasteiger partial charge in [-0.05, 0) is 25.5 Å². The van der Waals surface area contributed by atoms with E-state index in [1.165, 1.54) is 4.90 Å². The van der Waals surface area contributed by atoms with Crippen molar-refractivity contribution in [1.82, 2.24) is 10.3 Å². The second-order valence-corrected chi connectivity index (χ2v) is 4.49. The van der Waals surface area contributed by atoms with Crippen molar-refractivity contribution in [2.24, 2.45) is 0 Å². The van der Waals surface area contributed by atoms with Gasteiger partial charge in [-0.1, -0.05) is 0 Å². The molecule has 0 saturated heterocycles. The van der Waals surface area contributed by atoms with Crippen molar-refractivity contribution in [2.45, 2.75) is 13.3 Å². The maximum Gasteiger partial charge on any atom is 0.266 e. The number of amides is 2. The Bertz CT molecular complexity index is 507. The summed E-state index contributed by atoms with van der Waals surface area (Å²) < 4.78 is 10.5. The van der Waals surface area contributed by atoms with Crippen molar-refractivity contribution in [3.8, 4) is 5.75 Å². The normalized spacial score (nSPS) is 13.6. The van der Waals surface area contributed by atoms with Crippen molar-refractivity contribution in [3.05, 3.63) is 18.3 Å². The zero-order chi connectivity index (χ0) is 15.1. The number of pyridine rings is 1. The summed E-state index contributed by atoms with van der Waals surface area (Å²) in [7, 11) is 0. The van der Waals surface area contributed by atoms with Crippen molar-refractivity contribution in [2.75, 3.05) is 37.8 Å². The van der Waals surface area contributed by atoms with Crippen LogP contribution in [0.1, 0.15) is 13.3 Å². The minimum Gasteiger partial charge on any atom is -0.480 e. The molecular formula is C14H19N3O4. The van der Waals surface area contributed by atoms with Crippen LogP contribution in [0.15, 0.2) is 18.3 Å². The van der Waals surface area contributed by atoms with Gasteiger partial charge in [0.2, 0.25) is 5.91 Å². The Kier molecular flexibility index (Phi) is 5.51. The van der Waals surface area contributed by atoms with E-state index in [4.69, 9.17) is 9.47 Å². The molecule has 7 nitrogen and oxygen atoms in total. The van der Waals surface area contributed by atoms with E-state index in [-0.39, 0.29) is 25.0 Å². The average Bonchev–Trinajstić information content (AvgIpc) is 2.50. The lowest BCUT2D eigenvalue weighted by atomic mass is 10.3. The van der Waals surface area contributed by atoms with E-state index < -0.39 is 0 Å². The molecule has 2 rings (SSSR count). The van der Waals surface area contributed by atoms with Gasteiger partial charge in [0.25, 0.3) is 5.91 Å². The Labute approximate surface area is 123 Å². The molecule has 0 aromatic carbocycles. The number of aromatic nitrogens is 1. The summed E-state index contributed by atoms with van der Waals surface area (Å²) in [6.07, 6.45) is 2.30. The van der Waals surface area contributed by atoms with E-state index in [2.05, 4.69) is 10.3 Å². The number of fused-ring (bicyclic) bond motifs is 1. The van der Waals surface area contributed by atoms with Crippen LogP contribution in [0.25, 0.3) is 0 Å². The van der Waals surface area contributed by atoms with E-state index in [0.29, 0.717) is 31.3 Å². The molecule has 7 heteroatoms. The first-order valence-electron chi connectivity index (χ1n) is 6.95. The van der Waals surface area contributed by atoms with E-state index in [9.17, 15) is 9.59 Å². The first-order chi connectivity index (χ1) is 10.2. The van der Waals surface area contributed by atoms with Crippen LogP contribution in [0.3, 0.4) is 0 Å². The molecule has 0 spiro atoms. The summed E-state index contributed by atoms with van der Waals surface area (Å²) in [6, 6.07) is 3.45. The van der Waals surface area contributed by atoms with Gasteiger partial charge < -0.3 is 14.8 Å². The second-order valence-electron chi connectivity index (χ2n) is 4.49. The molecule has 114 valence electrons. The highest BCUT2D eigenvalue weighted by Gasteiger charge is 2.28. The van der Waals surface area contributed by atoms with Gasteiger partial charge in [0, 0.05) is 26.0 Å². The van der Waals surface area contributed by atoms with Crippen molar-refractivity contribution >= 4 is 17.6 Å². The van der Waals surface area contributed by atoms with E-state index in [1.807, 2.05) is 6.92 Å². The van der Waals surface area contributed by atoms with Gasteiger partial charge in [-0.15, -0.1) is 0 Å². The molecule has 0 atom stereocenters. The highest BCUT2D eigenvalue weighted by atomic mass is 16.5. The topological polar surface area (TPSA) is 80.8 Å². The van der Waals surface area contributed by atoms with Gasteiger partial charge in [-0.3, -0.25) is 14.5 Å². The second kappa shape index (κ2) is 7.58. The summed E-state index contributed by atoms with van der Waals surface area (Å²) in [5.41, 5.74) is 0. The molecule has 0 fully saturated rings. The van der Waals surface area contributed by atoms with Crippen LogP contribution < -0.4 is 15.0 Å². The number of hydrogen-bond acceptors (Lipinski definition) is 5. The van der Waals surface area contributed by atoms with Crippen LogP contribution in [-0.2, 0) is 14.3 Å². The minimum absolute atomic E-state index is 0.0547. The number of carbonyl (C=O) groups excluding carboxylic acids is 2. The number of hydrogen-bond donors (Lipinski definition) is 1. The summed E-state index contributed by atoms with van der Waals surface area (Å²) in [5.74, 6) is 0.406. The van der Waals surface area contributed by atoms with Crippen LogP contribution in [0, 0.1) is 0 Å². The first kappa shape index (κ1) is 15.2. The zero-order valence-corrected chi connectivity index (χ0v) is 12.0. The SMILES string of the molecule is CCOCCCNC(=O)CN1C(=O)COc2cccnc21. The molecule has 1 aromatic heterocycles. The average molecular weight is 293 g/mol. The molecule has 2 heterocycles.